The summed E-state index contributed by atoms with van der Waals surface area (Å²) >= 11 is 0. The van der Waals surface area contributed by atoms with Gasteiger partial charge in [0.25, 0.3) is 5.91 Å². The van der Waals surface area contributed by atoms with Crippen LogP contribution in [-0.4, -0.2) is 35.5 Å². The van der Waals surface area contributed by atoms with Crippen LogP contribution in [0.25, 0.3) is 10.9 Å². The molecule has 0 spiro atoms. The van der Waals surface area contributed by atoms with Crippen molar-refractivity contribution < 1.29 is 4.79 Å². The van der Waals surface area contributed by atoms with Gasteiger partial charge in [-0.25, -0.2) is 0 Å². The standard InChI is InChI=1S/C21H22N4O/c26-21(20-10-14-11-22-8-7-19(14)24-20)23-9-6-16-17-12-25(13-18(16)17)15-4-2-1-3-5-15/h1-5,7-8,10-11,16-18,24H,6,9,12-13H2,(H,23,26). The molecule has 2 unspecified atom stereocenters. The number of nitrogens with zero attached hydrogens (tertiary/aromatic N) is 2. The number of carbonyl (C=O) groups is 1. The van der Waals surface area contributed by atoms with Crippen LogP contribution in [0, 0.1) is 17.8 Å². The average Bonchev–Trinajstić information content (AvgIpc) is 3.07. The van der Waals surface area contributed by atoms with Crippen molar-refractivity contribution in [2.45, 2.75) is 6.42 Å². The molecule has 5 heteroatoms. The number of aromatic nitrogens is 2. The van der Waals surface area contributed by atoms with Crippen molar-refractivity contribution in [3.8, 4) is 0 Å². The number of rotatable bonds is 5. The Bertz CT molecular complexity index is 890. The fourth-order valence-electron chi connectivity index (χ4n) is 4.47. The normalized spacial score (nSPS) is 23.8. The van der Waals surface area contributed by atoms with Crippen LogP contribution >= 0.6 is 0 Å². The molecule has 1 aromatic carbocycles. The van der Waals surface area contributed by atoms with Crippen LogP contribution in [-0.2, 0) is 0 Å². The molecule has 5 rings (SSSR count). The minimum atomic E-state index is -0.0297. The van der Waals surface area contributed by atoms with Crippen molar-refractivity contribution in [2.24, 2.45) is 17.8 Å². The second-order valence-corrected chi connectivity index (χ2v) is 7.42. The summed E-state index contributed by atoms with van der Waals surface area (Å²) in [4.78, 5) is 22.1. The van der Waals surface area contributed by atoms with Gasteiger partial charge in [0.05, 0.1) is 0 Å². The van der Waals surface area contributed by atoms with E-state index in [1.807, 2.05) is 12.1 Å². The zero-order valence-corrected chi connectivity index (χ0v) is 14.6. The van der Waals surface area contributed by atoms with Crippen molar-refractivity contribution in [1.82, 2.24) is 15.3 Å². The van der Waals surface area contributed by atoms with Crippen LogP contribution in [0.15, 0.2) is 54.9 Å². The number of aromatic amines is 1. The van der Waals surface area contributed by atoms with Gasteiger partial charge in [0.15, 0.2) is 0 Å². The summed E-state index contributed by atoms with van der Waals surface area (Å²) in [5.41, 5.74) is 2.89. The number of anilines is 1. The van der Waals surface area contributed by atoms with Gasteiger partial charge in [-0.05, 0) is 48.4 Å². The van der Waals surface area contributed by atoms with Gasteiger partial charge in [0.2, 0.25) is 0 Å². The highest BCUT2D eigenvalue weighted by molar-refractivity contribution is 5.97. The Morgan fingerprint density at radius 3 is 2.77 bits per heavy atom. The number of hydrogen-bond donors (Lipinski definition) is 2. The van der Waals surface area contributed by atoms with E-state index in [0.717, 1.165) is 54.7 Å². The summed E-state index contributed by atoms with van der Waals surface area (Å²) in [7, 11) is 0. The molecule has 0 radical (unpaired) electrons. The van der Waals surface area contributed by atoms with Gasteiger partial charge < -0.3 is 15.2 Å². The molecule has 0 bridgehead atoms. The van der Waals surface area contributed by atoms with Crippen LogP contribution in [0.3, 0.4) is 0 Å². The summed E-state index contributed by atoms with van der Waals surface area (Å²) in [5.74, 6) is 2.33. The lowest BCUT2D eigenvalue weighted by Crippen LogP contribution is -2.27. The highest BCUT2D eigenvalue weighted by Gasteiger charge is 2.54. The lowest BCUT2D eigenvalue weighted by Gasteiger charge is -2.22. The molecule has 1 amide bonds. The molecule has 1 aliphatic carbocycles. The SMILES string of the molecule is O=C(NCCC1C2CN(c3ccccc3)CC12)c1cc2cnccc2[nH]1. The molecular weight excluding hydrogens is 324 g/mol. The third-order valence-corrected chi connectivity index (χ3v) is 5.92. The number of para-hydroxylation sites is 1. The molecule has 5 nitrogen and oxygen atoms in total. The first-order chi connectivity index (χ1) is 12.8. The lowest BCUT2D eigenvalue weighted by molar-refractivity contribution is 0.0948. The fraction of sp³-hybridized carbons (Fsp3) is 0.333. The number of hydrogen-bond acceptors (Lipinski definition) is 3. The first-order valence-electron chi connectivity index (χ1n) is 9.30. The van der Waals surface area contributed by atoms with E-state index in [1.54, 1.807) is 12.4 Å². The van der Waals surface area contributed by atoms with Gasteiger partial charge in [-0.2, -0.15) is 0 Å². The Balaban J connectivity index is 1.11. The fourth-order valence-corrected chi connectivity index (χ4v) is 4.47. The van der Waals surface area contributed by atoms with Crippen LogP contribution in [0.4, 0.5) is 5.69 Å². The summed E-state index contributed by atoms with van der Waals surface area (Å²) in [5, 5.41) is 4.03. The van der Waals surface area contributed by atoms with Crippen LogP contribution < -0.4 is 10.2 Å². The minimum Gasteiger partial charge on any atom is -0.371 e. The predicted molar refractivity (Wildman–Crippen MR) is 102 cm³/mol. The molecule has 26 heavy (non-hydrogen) atoms. The number of nitrogens with one attached hydrogen (secondary N) is 2. The van der Waals surface area contributed by atoms with Gasteiger partial charge in [0, 0.05) is 48.6 Å². The first kappa shape index (κ1) is 15.4. The number of carbonyl (C=O) groups excluding carboxylic acids is 1. The van der Waals surface area contributed by atoms with E-state index in [1.165, 1.54) is 5.69 Å². The van der Waals surface area contributed by atoms with Gasteiger partial charge in [0.1, 0.15) is 5.69 Å². The third-order valence-electron chi connectivity index (χ3n) is 5.92. The molecule has 2 N–H and O–H groups in total. The zero-order valence-electron chi connectivity index (χ0n) is 14.6. The molecule has 132 valence electrons. The summed E-state index contributed by atoms with van der Waals surface area (Å²) < 4.78 is 0. The summed E-state index contributed by atoms with van der Waals surface area (Å²) in [6, 6.07) is 14.4. The van der Waals surface area contributed by atoms with E-state index in [4.69, 9.17) is 0 Å². The lowest BCUT2D eigenvalue weighted by atomic mass is 10.2. The van der Waals surface area contributed by atoms with Crippen molar-refractivity contribution in [1.29, 1.82) is 0 Å². The predicted octanol–water partition coefficient (Wildman–Crippen LogP) is 3.07. The molecule has 2 fully saturated rings. The zero-order chi connectivity index (χ0) is 17.5. The van der Waals surface area contributed by atoms with E-state index >= 15 is 0 Å². The quantitative estimate of drug-likeness (QED) is 0.746. The van der Waals surface area contributed by atoms with Crippen LogP contribution in [0.1, 0.15) is 16.9 Å². The van der Waals surface area contributed by atoms with E-state index < -0.39 is 0 Å². The second kappa shape index (κ2) is 6.16. The molecule has 1 saturated heterocycles. The Morgan fingerprint density at radius 2 is 2.00 bits per heavy atom. The first-order valence-corrected chi connectivity index (χ1v) is 9.30. The maximum atomic E-state index is 12.3. The molecule has 2 aliphatic rings. The highest BCUT2D eigenvalue weighted by Crippen LogP contribution is 2.54. The number of amides is 1. The number of H-pyrrole nitrogens is 1. The molecule has 3 aromatic rings. The Hall–Kier alpha value is -2.82. The highest BCUT2D eigenvalue weighted by atomic mass is 16.1. The van der Waals surface area contributed by atoms with E-state index in [-0.39, 0.29) is 5.91 Å². The topological polar surface area (TPSA) is 61.0 Å². The number of benzene rings is 1. The maximum absolute atomic E-state index is 12.3. The Labute approximate surface area is 152 Å². The summed E-state index contributed by atoms with van der Waals surface area (Å²) in [6.07, 6.45) is 4.57. The van der Waals surface area contributed by atoms with Crippen LogP contribution in [0.5, 0.6) is 0 Å². The monoisotopic (exact) mass is 346 g/mol. The Kier molecular flexibility index (Phi) is 3.66. The van der Waals surface area contributed by atoms with Crippen LogP contribution in [0.2, 0.25) is 0 Å². The van der Waals surface area contributed by atoms with E-state index in [0.29, 0.717) is 5.69 Å². The average molecular weight is 346 g/mol. The maximum Gasteiger partial charge on any atom is 0.267 e. The molecule has 2 atom stereocenters. The second-order valence-electron chi connectivity index (χ2n) is 7.42. The number of pyridine rings is 1. The molecule has 2 aromatic heterocycles. The van der Waals surface area contributed by atoms with Crippen molar-refractivity contribution in [2.75, 3.05) is 24.5 Å². The molecule has 3 heterocycles. The van der Waals surface area contributed by atoms with Gasteiger partial charge in [-0.3, -0.25) is 9.78 Å². The van der Waals surface area contributed by atoms with E-state index in [9.17, 15) is 4.79 Å². The number of piperidine rings is 1. The summed E-state index contributed by atoms with van der Waals surface area (Å²) in [6.45, 7) is 3.06. The van der Waals surface area contributed by atoms with Gasteiger partial charge in [-0.15, -0.1) is 0 Å². The van der Waals surface area contributed by atoms with Crippen molar-refractivity contribution >= 4 is 22.5 Å². The van der Waals surface area contributed by atoms with Gasteiger partial charge in [-0.1, -0.05) is 18.2 Å². The number of fused-ring (bicyclic) bond motifs is 2. The molecule has 1 saturated carbocycles. The third kappa shape index (κ3) is 2.73. The van der Waals surface area contributed by atoms with Crippen molar-refractivity contribution in [3.05, 3.63) is 60.6 Å². The smallest absolute Gasteiger partial charge is 0.267 e. The largest absolute Gasteiger partial charge is 0.371 e. The molecular formula is C21H22N4O. The Morgan fingerprint density at radius 1 is 1.19 bits per heavy atom. The molecule has 1 aliphatic heterocycles. The minimum absolute atomic E-state index is 0.0297. The van der Waals surface area contributed by atoms with E-state index in [2.05, 4.69) is 50.5 Å². The van der Waals surface area contributed by atoms with Crippen molar-refractivity contribution in [3.63, 3.8) is 0 Å². The van der Waals surface area contributed by atoms with Gasteiger partial charge >= 0.3 is 0 Å².